The van der Waals surface area contributed by atoms with E-state index in [0.717, 1.165) is 18.6 Å². The van der Waals surface area contributed by atoms with E-state index in [1.54, 1.807) is 0 Å². The Labute approximate surface area is 251 Å². The van der Waals surface area contributed by atoms with Gasteiger partial charge in [-0.1, -0.05) is 27.7 Å². The molecule has 11 heteroatoms. The van der Waals surface area contributed by atoms with Crippen molar-refractivity contribution in [3.8, 4) is 11.4 Å². The second-order valence-electron chi connectivity index (χ2n) is 11.0. The van der Waals surface area contributed by atoms with E-state index in [4.69, 9.17) is 0 Å². The molecule has 0 aliphatic carbocycles. The van der Waals surface area contributed by atoms with E-state index in [0.29, 0.717) is 36.3 Å². The van der Waals surface area contributed by atoms with Gasteiger partial charge in [0.25, 0.3) is 0 Å². The maximum atomic E-state index is 14.8. The Bertz CT molecular complexity index is 1620. The zero-order chi connectivity index (χ0) is 31.2. The van der Waals surface area contributed by atoms with Crippen molar-refractivity contribution in [2.24, 2.45) is 10.9 Å². The van der Waals surface area contributed by atoms with Crippen molar-refractivity contribution in [3.63, 3.8) is 0 Å². The van der Waals surface area contributed by atoms with Crippen LogP contribution in [0.2, 0.25) is 0 Å². The third kappa shape index (κ3) is 5.80. The number of benzene rings is 2. The molecule has 0 amide bonds. The molecule has 5 nitrogen and oxygen atoms in total. The number of amidine groups is 1. The van der Waals surface area contributed by atoms with Crippen LogP contribution >= 0.6 is 11.8 Å². The molecule has 0 radical (unpaired) electrons. The van der Waals surface area contributed by atoms with Crippen LogP contribution in [0.1, 0.15) is 97.6 Å². The highest BCUT2D eigenvalue weighted by atomic mass is 32.2. The number of rotatable bonds is 8. The predicted molar refractivity (Wildman–Crippen MR) is 159 cm³/mol. The molecule has 0 fully saturated rings. The SMILES string of the molecule is CCC1Cc2c(NC3=NC(CC)c4c(F)cc(F)cc43)nc(-c3cc(C(=O)C(CC)CC)c(C)cc3C(F)(F)F)nc2S1. The second-order valence-corrected chi connectivity index (χ2v) is 12.3. The standard InChI is InChI=1S/C32H33F5N4OS/c1-6-16(7-2)27(42)19-14-20(23(10-15(19)5)32(35,36)37)28-39-30(22-13-18(8-3)43-31(22)41-28)40-29-21-11-17(33)12-24(34)26(21)25(9-4)38-29/h10-12,14,16,18,25H,6-9,13H2,1-5H3,(H,38,39,40,41). The number of aliphatic imine (C=N–C) groups is 1. The zero-order valence-electron chi connectivity index (χ0n) is 24.6. The molecule has 0 saturated carbocycles. The van der Waals surface area contributed by atoms with Crippen LogP contribution in [-0.4, -0.2) is 26.8 Å². The van der Waals surface area contributed by atoms with Crippen molar-refractivity contribution in [3.05, 3.63) is 69.3 Å². The molecule has 43 heavy (non-hydrogen) atoms. The fourth-order valence-electron chi connectivity index (χ4n) is 5.81. The van der Waals surface area contributed by atoms with Gasteiger partial charge in [-0.15, -0.1) is 11.8 Å². The lowest BCUT2D eigenvalue weighted by atomic mass is 9.88. The summed E-state index contributed by atoms with van der Waals surface area (Å²) in [7, 11) is 0. The van der Waals surface area contributed by atoms with Gasteiger partial charge in [0.15, 0.2) is 11.6 Å². The number of aromatic nitrogens is 2. The number of nitrogens with one attached hydrogen (secondary N) is 1. The van der Waals surface area contributed by atoms with Crippen molar-refractivity contribution in [1.29, 1.82) is 0 Å². The Kier molecular flexibility index (Phi) is 8.66. The molecule has 2 unspecified atom stereocenters. The van der Waals surface area contributed by atoms with Crippen molar-refractivity contribution in [2.75, 3.05) is 5.32 Å². The number of alkyl halides is 3. The summed E-state index contributed by atoms with van der Waals surface area (Å²) in [6.07, 6.45) is -1.79. The van der Waals surface area contributed by atoms with Gasteiger partial charge in [-0.25, -0.2) is 18.7 Å². The topological polar surface area (TPSA) is 67.2 Å². The summed E-state index contributed by atoms with van der Waals surface area (Å²) in [5.74, 6) is -1.77. The van der Waals surface area contributed by atoms with Gasteiger partial charge in [0.1, 0.15) is 28.3 Å². The summed E-state index contributed by atoms with van der Waals surface area (Å²) >= 11 is 1.45. The summed E-state index contributed by atoms with van der Waals surface area (Å²) in [5, 5.41) is 3.77. The van der Waals surface area contributed by atoms with Gasteiger partial charge in [0.05, 0.1) is 11.6 Å². The van der Waals surface area contributed by atoms with Crippen molar-refractivity contribution >= 4 is 29.2 Å². The highest BCUT2D eigenvalue weighted by molar-refractivity contribution is 8.00. The number of hydrogen-bond donors (Lipinski definition) is 1. The zero-order valence-corrected chi connectivity index (χ0v) is 25.4. The number of thioether (sulfide) groups is 1. The van der Waals surface area contributed by atoms with E-state index >= 15 is 0 Å². The number of nitrogens with zero attached hydrogens (tertiary/aromatic N) is 3. The predicted octanol–water partition coefficient (Wildman–Crippen LogP) is 9.12. The van der Waals surface area contributed by atoms with Crippen molar-refractivity contribution < 1.29 is 26.7 Å². The number of ketones is 1. The van der Waals surface area contributed by atoms with Crippen LogP contribution in [0.3, 0.4) is 0 Å². The van der Waals surface area contributed by atoms with Crippen LogP contribution in [0.15, 0.2) is 34.3 Å². The summed E-state index contributed by atoms with van der Waals surface area (Å²) in [6.45, 7) is 9.10. The first kappa shape index (κ1) is 31.1. The third-order valence-corrected chi connectivity index (χ3v) is 9.65. The first-order valence-corrected chi connectivity index (χ1v) is 15.5. The molecular weight excluding hydrogens is 583 g/mol. The Morgan fingerprint density at radius 1 is 1.02 bits per heavy atom. The van der Waals surface area contributed by atoms with Crippen LogP contribution in [0.5, 0.6) is 0 Å². The Morgan fingerprint density at radius 3 is 2.37 bits per heavy atom. The minimum atomic E-state index is -4.73. The second kappa shape index (κ2) is 12.0. The van der Waals surface area contributed by atoms with Crippen LogP contribution in [0.4, 0.5) is 27.8 Å². The largest absolute Gasteiger partial charge is 0.417 e. The molecule has 0 saturated heterocycles. The monoisotopic (exact) mass is 616 g/mol. The van der Waals surface area contributed by atoms with Gasteiger partial charge in [-0.3, -0.25) is 9.79 Å². The molecule has 3 aromatic rings. The summed E-state index contributed by atoms with van der Waals surface area (Å²) < 4.78 is 72.4. The number of halogens is 5. The number of Topliss-reactive ketones (excluding diaryl/α,β-unsaturated/α-hetero) is 1. The quantitative estimate of drug-likeness (QED) is 0.155. The first-order valence-electron chi connectivity index (χ1n) is 14.6. The van der Waals surface area contributed by atoms with Crippen LogP contribution in [0, 0.1) is 24.5 Å². The van der Waals surface area contributed by atoms with E-state index in [9.17, 15) is 26.7 Å². The molecule has 2 aliphatic rings. The average Bonchev–Trinajstić information content (AvgIpc) is 3.54. The molecular formula is C32H33F5N4OS. The smallest absolute Gasteiger partial charge is 0.324 e. The Hall–Kier alpha value is -3.34. The number of hydrogen-bond acceptors (Lipinski definition) is 6. The van der Waals surface area contributed by atoms with Crippen LogP contribution < -0.4 is 5.32 Å². The summed E-state index contributed by atoms with van der Waals surface area (Å²) in [6, 6.07) is 3.73. The van der Waals surface area contributed by atoms with E-state index in [1.165, 1.54) is 30.8 Å². The number of carbonyl (C=O) groups is 1. The lowest BCUT2D eigenvalue weighted by Gasteiger charge is -2.19. The summed E-state index contributed by atoms with van der Waals surface area (Å²) in [5.41, 5.74) is 0.429. The normalized spacial score (nSPS) is 17.7. The van der Waals surface area contributed by atoms with Crippen LogP contribution in [0.25, 0.3) is 11.4 Å². The maximum absolute atomic E-state index is 14.8. The summed E-state index contributed by atoms with van der Waals surface area (Å²) in [4.78, 5) is 27.1. The number of aryl methyl sites for hydroxylation is 1. The van der Waals surface area contributed by atoms with Gasteiger partial charge >= 0.3 is 6.18 Å². The maximum Gasteiger partial charge on any atom is 0.417 e. The fraction of sp³-hybridized carbons (Fsp3) is 0.438. The van der Waals surface area contributed by atoms with E-state index in [2.05, 4.69) is 20.3 Å². The minimum absolute atomic E-state index is 0.128. The average molecular weight is 617 g/mol. The molecule has 1 aromatic heterocycles. The Morgan fingerprint density at radius 2 is 1.74 bits per heavy atom. The molecule has 2 atom stereocenters. The Balaban J connectivity index is 1.69. The third-order valence-electron chi connectivity index (χ3n) is 8.26. The molecule has 2 aromatic carbocycles. The number of fused-ring (bicyclic) bond motifs is 2. The van der Waals surface area contributed by atoms with E-state index in [1.807, 2.05) is 27.7 Å². The lowest BCUT2D eigenvalue weighted by Crippen LogP contribution is -2.18. The van der Waals surface area contributed by atoms with Gasteiger partial charge in [0.2, 0.25) is 0 Å². The van der Waals surface area contributed by atoms with Gasteiger partial charge in [-0.2, -0.15) is 13.2 Å². The number of anilines is 1. The number of carbonyl (C=O) groups excluding carboxylic acids is 1. The lowest BCUT2D eigenvalue weighted by molar-refractivity contribution is -0.137. The molecule has 0 spiro atoms. The molecule has 2 aliphatic heterocycles. The van der Waals surface area contributed by atoms with E-state index in [-0.39, 0.29) is 62.2 Å². The highest BCUT2D eigenvalue weighted by Crippen LogP contribution is 2.44. The van der Waals surface area contributed by atoms with Gasteiger partial charge in [0, 0.05) is 45.1 Å². The molecule has 0 bridgehead atoms. The van der Waals surface area contributed by atoms with E-state index < -0.39 is 29.4 Å². The van der Waals surface area contributed by atoms with Crippen LogP contribution in [-0.2, 0) is 12.6 Å². The molecule has 228 valence electrons. The van der Waals surface area contributed by atoms with Crippen molar-refractivity contribution in [1.82, 2.24) is 9.97 Å². The first-order chi connectivity index (χ1) is 20.4. The minimum Gasteiger partial charge on any atom is -0.324 e. The highest BCUT2D eigenvalue weighted by Gasteiger charge is 2.38. The molecule has 1 N–H and O–H groups in total. The fourth-order valence-corrected chi connectivity index (χ4v) is 7.01. The molecule has 3 heterocycles. The van der Waals surface area contributed by atoms with Gasteiger partial charge < -0.3 is 5.32 Å². The molecule has 5 rings (SSSR count). The van der Waals surface area contributed by atoms with Gasteiger partial charge in [-0.05, 0) is 62.8 Å². The van der Waals surface area contributed by atoms with Crippen molar-refractivity contribution in [2.45, 2.75) is 89.2 Å².